The number of fused-ring (bicyclic) bond motifs is 1. The standard InChI is InChI=1S/C22H19N3O7S/c1-4-31-21(27)18-12(2)24-20(26)16(11-15-9-10-17(32-15)25(28)29)33-22(24)23-19(18)13-5-7-14(30-3)8-6-13/h5-11,19H,4H2,1-3H3/b16-11+/t19-/m1/s1. The fourth-order valence-corrected chi connectivity index (χ4v) is 4.51. The molecular formula is C22H19N3O7S. The third-order valence-corrected chi connectivity index (χ3v) is 6.02. The largest absolute Gasteiger partial charge is 0.497 e. The highest BCUT2D eigenvalue weighted by Gasteiger charge is 2.31. The monoisotopic (exact) mass is 469 g/mol. The van der Waals surface area contributed by atoms with Gasteiger partial charge < -0.3 is 13.9 Å². The minimum atomic E-state index is -0.675. The predicted octanol–water partition coefficient (Wildman–Crippen LogP) is 2.42. The Morgan fingerprint density at radius 3 is 2.64 bits per heavy atom. The van der Waals surface area contributed by atoms with E-state index < -0.39 is 28.4 Å². The van der Waals surface area contributed by atoms with Crippen molar-refractivity contribution in [3.05, 3.63) is 83.1 Å². The number of furan rings is 1. The topological polar surface area (TPSA) is 126 Å². The highest BCUT2D eigenvalue weighted by molar-refractivity contribution is 7.07. The SMILES string of the molecule is CCOC(=O)C1=C(C)n2c(s/c(=C/c3ccc([N+](=O)[O-])o3)c2=O)=N[C@@H]1c1ccc(OC)cc1. The van der Waals surface area contributed by atoms with Crippen molar-refractivity contribution in [3.63, 3.8) is 0 Å². The molecule has 1 aliphatic rings. The maximum absolute atomic E-state index is 13.1. The van der Waals surface area contributed by atoms with Crippen LogP contribution in [0.3, 0.4) is 0 Å². The van der Waals surface area contributed by atoms with Crippen LogP contribution in [0, 0.1) is 10.1 Å². The molecule has 0 amide bonds. The highest BCUT2D eigenvalue weighted by Crippen LogP contribution is 2.33. The smallest absolute Gasteiger partial charge is 0.433 e. The number of carbonyl (C=O) groups is 1. The molecule has 0 fully saturated rings. The summed E-state index contributed by atoms with van der Waals surface area (Å²) in [7, 11) is 1.56. The molecule has 11 heteroatoms. The molecule has 0 unspecified atom stereocenters. The predicted molar refractivity (Wildman–Crippen MR) is 120 cm³/mol. The number of carbonyl (C=O) groups excluding carboxylic acids is 1. The summed E-state index contributed by atoms with van der Waals surface area (Å²) in [6.45, 7) is 3.54. The molecular weight excluding hydrogens is 450 g/mol. The van der Waals surface area contributed by atoms with Gasteiger partial charge in [0.05, 0.1) is 25.4 Å². The first-order chi connectivity index (χ1) is 15.8. The maximum atomic E-state index is 13.1. The summed E-state index contributed by atoms with van der Waals surface area (Å²) in [5, 5.41) is 10.9. The lowest BCUT2D eigenvalue weighted by Gasteiger charge is -2.22. The van der Waals surface area contributed by atoms with Crippen LogP contribution in [0.5, 0.6) is 5.75 Å². The van der Waals surface area contributed by atoms with Crippen LogP contribution in [0.15, 0.2) is 56.2 Å². The molecule has 2 aromatic heterocycles. The van der Waals surface area contributed by atoms with E-state index in [-0.39, 0.29) is 22.5 Å². The summed E-state index contributed by atoms with van der Waals surface area (Å²) >= 11 is 1.10. The molecule has 1 aliphatic heterocycles. The van der Waals surface area contributed by atoms with Gasteiger partial charge >= 0.3 is 11.9 Å². The van der Waals surface area contributed by atoms with Crippen LogP contribution < -0.4 is 19.6 Å². The van der Waals surface area contributed by atoms with E-state index in [0.29, 0.717) is 16.2 Å². The van der Waals surface area contributed by atoms with Gasteiger partial charge in [0, 0.05) is 11.8 Å². The number of thiazole rings is 1. The van der Waals surface area contributed by atoms with Gasteiger partial charge in [-0.15, -0.1) is 0 Å². The number of nitro groups is 1. The number of hydrogen-bond donors (Lipinski definition) is 0. The van der Waals surface area contributed by atoms with Crippen molar-refractivity contribution in [1.29, 1.82) is 0 Å². The summed E-state index contributed by atoms with van der Waals surface area (Å²) in [4.78, 5) is 41.2. The summed E-state index contributed by atoms with van der Waals surface area (Å²) in [5.41, 5.74) is 0.989. The Morgan fingerprint density at radius 1 is 1.30 bits per heavy atom. The zero-order valence-electron chi connectivity index (χ0n) is 17.9. The van der Waals surface area contributed by atoms with Gasteiger partial charge in [0.25, 0.3) is 5.56 Å². The van der Waals surface area contributed by atoms with E-state index >= 15 is 0 Å². The lowest BCUT2D eigenvalue weighted by Crippen LogP contribution is -2.35. The van der Waals surface area contributed by atoms with Crippen molar-refractivity contribution in [2.24, 2.45) is 4.99 Å². The maximum Gasteiger partial charge on any atom is 0.433 e. The average Bonchev–Trinajstić information content (AvgIpc) is 3.39. The lowest BCUT2D eigenvalue weighted by atomic mass is 9.96. The second kappa shape index (κ2) is 8.87. The minimum Gasteiger partial charge on any atom is -0.497 e. The van der Waals surface area contributed by atoms with Crippen LogP contribution in [0.1, 0.15) is 31.2 Å². The van der Waals surface area contributed by atoms with Gasteiger partial charge in [-0.3, -0.25) is 19.5 Å². The third kappa shape index (κ3) is 4.10. The molecule has 170 valence electrons. The van der Waals surface area contributed by atoms with Crippen LogP contribution in [0.25, 0.3) is 11.8 Å². The Morgan fingerprint density at radius 2 is 2.03 bits per heavy atom. The molecule has 10 nitrogen and oxygen atoms in total. The third-order valence-electron chi connectivity index (χ3n) is 5.04. The molecule has 33 heavy (non-hydrogen) atoms. The minimum absolute atomic E-state index is 0.164. The van der Waals surface area contributed by atoms with Crippen molar-refractivity contribution >= 4 is 35.0 Å². The van der Waals surface area contributed by atoms with E-state index in [0.717, 1.165) is 16.9 Å². The Kier molecular flexibility index (Phi) is 5.97. The number of methoxy groups -OCH3 is 1. The second-order valence-corrected chi connectivity index (χ2v) is 8.00. The van der Waals surface area contributed by atoms with Crippen LogP contribution in [0.4, 0.5) is 5.88 Å². The number of benzene rings is 1. The van der Waals surface area contributed by atoms with E-state index in [9.17, 15) is 19.7 Å². The molecule has 3 heterocycles. The van der Waals surface area contributed by atoms with Crippen molar-refractivity contribution in [2.75, 3.05) is 13.7 Å². The molecule has 0 saturated carbocycles. The van der Waals surface area contributed by atoms with Crippen molar-refractivity contribution < 1.29 is 23.6 Å². The Balaban J connectivity index is 1.90. The number of allylic oxidation sites excluding steroid dienone is 1. The van der Waals surface area contributed by atoms with Gasteiger partial charge in [-0.2, -0.15) is 0 Å². The fraction of sp³-hybridized carbons (Fsp3) is 0.227. The summed E-state index contributed by atoms with van der Waals surface area (Å²) in [6, 6.07) is 9.08. The zero-order valence-corrected chi connectivity index (χ0v) is 18.8. The van der Waals surface area contributed by atoms with Crippen molar-refractivity contribution in [2.45, 2.75) is 19.9 Å². The van der Waals surface area contributed by atoms with Crippen LogP contribution in [-0.4, -0.2) is 29.2 Å². The van der Waals surface area contributed by atoms with Gasteiger partial charge in [-0.1, -0.05) is 23.5 Å². The Bertz CT molecular complexity index is 1440. The van der Waals surface area contributed by atoms with Gasteiger partial charge in [-0.05, 0) is 37.6 Å². The number of ether oxygens (including phenoxy) is 2. The van der Waals surface area contributed by atoms with Gasteiger partial charge in [-0.25, -0.2) is 9.79 Å². The molecule has 0 radical (unpaired) electrons. The van der Waals surface area contributed by atoms with E-state index in [1.54, 1.807) is 45.2 Å². The Hall–Kier alpha value is -3.99. The second-order valence-electron chi connectivity index (χ2n) is 6.99. The van der Waals surface area contributed by atoms with Crippen LogP contribution in [-0.2, 0) is 9.53 Å². The van der Waals surface area contributed by atoms with E-state index in [1.807, 2.05) is 0 Å². The van der Waals surface area contributed by atoms with Crippen LogP contribution >= 0.6 is 11.3 Å². The number of aromatic nitrogens is 1. The number of hydrogen-bond acceptors (Lipinski definition) is 9. The molecule has 0 N–H and O–H groups in total. The normalized spacial score (nSPS) is 15.7. The van der Waals surface area contributed by atoms with E-state index in [2.05, 4.69) is 4.99 Å². The summed E-state index contributed by atoms with van der Waals surface area (Å²) in [5.74, 6) is -0.162. The highest BCUT2D eigenvalue weighted by atomic mass is 32.1. The molecule has 4 rings (SSSR count). The molecule has 0 spiro atoms. The summed E-state index contributed by atoms with van der Waals surface area (Å²) < 4.78 is 17.2. The van der Waals surface area contributed by atoms with E-state index in [1.165, 1.54) is 22.8 Å². The molecule has 1 atom stereocenters. The molecule has 0 bridgehead atoms. The van der Waals surface area contributed by atoms with Gasteiger partial charge in [0.1, 0.15) is 27.0 Å². The van der Waals surface area contributed by atoms with Crippen LogP contribution in [0.2, 0.25) is 0 Å². The quantitative estimate of drug-likeness (QED) is 0.308. The molecule has 1 aromatic carbocycles. The fourth-order valence-electron chi connectivity index (χ4n) is 3.49. The molecule has 0 aliphatic carbocycles. The molecule has 0 saturated heterocycles. The number of esters is 1. The van der Waals surface area contributed by atoms with Gasteiger partial charge in [0.2, 0.25) is 0 Å². The van der Waals surface area contributed by atoms with Crippen molar-refractivity contribution in [3.8, 4) is 5.75 Å². The first-order valence-electron chi connectivity index (χ1n) is 9.92. The molecule has 3 aromatic rings. The average molecular weight is 469 g/mol. The lowest BCUT2D eigenvalue weighted by molar-refractivity contribution is -0.402. The summed E-state index contributed by atoms with van der Waals surface area (Å²) in [6.07, 6.45) is 1.42. The number of rotatable bonds is 6. The number of nitrogens with zero attached hydrogens (tertiary/aromatic N) is 3. The van der Waals surface area contributed by atoms with E-state index in [4.69, 9.17) is 13.9 Å². The van der Waals surface area contributed by atoms with Gasteiger partial charge in [0.15, 0.2) is 4.80 Å². The van der Waals surface area contributed by atoms with Crippen molar-refractivity contribution in [1.82, 2.24) is 4.57 Å². The Labute approximate surface area is 190 Å². The first-order valence-corrected chi connectivity index (χ1v) is 10.7. The zero-order chi connectivity index (χ0) is 23.7. The first kappa shape index (κ1) is 22.2.